The largest absolute Gasteiger partial charge is 0.493 e. The van der Waals surface area contributed by atoms with E-state index in [0.29, 0.717) is 5.92 Å². The molecule has 8 heteroatoms. The second kappa shape index (κ2) is 11.0. The van der Waals surface area contributed by atoms with E-state index in [1.54, 1.807) is 13.1 Å². The molecule has 2 N–H and O–H groups in total. The Balaban J connectivity index is 0.00000272. The average molecular weight is 542 g/mol. The molecule has 2 aromatic carbocycles. The molecule has 0 aromatic heterocycles. The van der Waals surface area contributed by atoms with Crippen LogP contribution in [0.2, 0.25) is 0 Å². The number of fused-ring (bicyclic) bond motifs is 1. The maximum absolute atomic E-state index is 13.5. The van der Waals surface area contributed by atoms with E-state index in [-0.39, 0.29) is 24.0 Å². The zero-order valence-corrected chi connectivity index (χ0v) is 20.0. The summed E-state index contributed by atoms with van der Waals surface area (Å²) in [6, 6.07) is 10.5. The Bertz CT molecular complexity index is 924. The Hall–Kier alpha value is -2.10. The zero-order chi connectivity index (χ0) is 20.9. The summed E-state index contributed by atoms with van der Waals surface area (Å²) in [6.45, 7) is 4.01. The highest BCUT2D eigenvalue weighted by atomic mass is 127. The second-order valence-corrected chi connectivity index (χ2v) is 7.87. The zero-order valence-electron chi connectivity index (χ0n) is 17.7. The number of anilines is 1. The first-order valence-electron chi connectivity index (χ1n) is 10.5. The first-order chi connectivity index (χ1) is 14.6. The molecule has 4 rings (SSSR count). The SMILES string of the molecule is CN=C(NCCc1ccc2c(c1)CCO2)NCC1CCN(c2ccc(F)c(F)c2)C1.I. The van der Waals surface area contributed by atoms with E-state index in [1.807, 2.05) is 0 Å². The topological polar surface area (TPSA) is 48.9 Å². The van der Waals surface area contributed by atoms with Gasteiger partial charge in [-0.05, 0) is 48.1 Å². The fraction of sp³-hybridized carbons (Fsp3) is 0.435. The van der Waals surface area contributed by atoms with Crippen molar-refractivity contribution in [3.8, 4) is 5.75 Å². The number of guanidine groups is 1. The quantitative estimate of drug-likeness (QED) is 0.332. The molecule has 1 fully saturated rings. The molecule has 0 bridgehead atoms. The van der Waals surface area contributed by atoms with Crippen molar-refractivity contribution in [2.24, 2.45) is 10.9 Å². The molecule has 0 spiro atoms. The Labute approximate surface area is 199 Å². The van der Waals surface area contributed by atoms with Crippen LogP contribution in [0.25, 0.3) is 0 Å². The number of nitrogens with one attached hydrogen (secondary N) is 2. The molecule has 0 radical (unpaired) electrons. The minimum atomic E-state index is -0.806. The lowest BCUT2D eigenvalue weighted by atomic mass is 10.1. The van der Waals surface area contributed by atoms with Crippen molar-refractivity contribution in [3.05, 3.63) is 59.2 Å². The minimum absolute atomic E-state index is 0. The summed E-state index contributed by atoms with van der Waals surface area (Å²) in [4.78, 5) is 6.41. The number of hydrogen-bond acceptors (Lipinski definition) is 3. The third-order valence-electron chi connectivity index (χ3n) is 5.80. The molecule has 2 aliphatic rings. The number of nitrogens with zero attached hydrogens (tertiary/aromatic N) is 2. The molecule has 2 heterocycles. The summed E-state index contributed by atoms with van der Waals surface area (Å²) < 4.78 is 32.2. The number of aliphatic imine (C=N–C) groups is 1. The highest BCUT2D eigenvalue weighted by molar-refractivity contribution is 14.0. The molecule has 0 aliphatic carbocycles. The summed E-state index contributed by atoms with van der Waals surface area (Å²) in [7, 11) is 1.77. The predicted molar refractivity (Wildman–Crippen MR) is 131 cm³/mol. The molecule has 1 unspecified atom stereocenters. The van der Waals surface area contributed by atoms with E-state index in [4.69, 9.17) is 4.74 Å². The van der Waals surface area contributed by atoms with Crippen molar-refractivity contribution in [1.29, 1.82) is 0 Å². The lowest BCUT2D eigenvalue weighted by Gasteiger charge is -2.19. The van der Waals surface area contributed by atoms with Crippen LogP contribution in [0.15, 0.2) is 41.4 Å². The van der Waals surface area contributed by atoms with Crippen LogP contribution in [-0.2, 0) is 12.8 Å². The first kappa shape index (κ1) is 23.6. The van der Waals surface area contributed by atoms with Gasteiger partial charge in [-0.25, -0.2) is 8.78 Å². The van der Waals surface area contributed by atoms with Gasteiger partial charge < -0.3 is 20.3 Å². The van der Waals surface area contributed by atoms with Gasteiger partial charge >= 0.3 is 0 Å². The number of benzene rings is 2. The molecule has 168 valence electrons. The molecule has 1 atom stereocenters. The van der Waals surface area contributed by atoms with E-state index in [0.717, 1.165) is 69.4 Å². The number of halogens is 3. The molecule has 0 saturated carbocycles. The van der Waals surface area contributed by atoms with E-state index in [2.05, 4.69) is 38.7 Å². The minimum Gasteiger partial charge on any atom is -0.493 e. The molecule has 1 saturated heterocycles. The molecule has 31 heavy (non-hydrogen) atoms. The first-order valence-corrected chi connectivity index (χ1v) is 10.5. The standard InChI is InChI=1S/C23H28F2N4O.HI/c1-26-23(27-9-6-16-2-5-22-18(12-16)8-11-30-22)28-14-17-7-10-29(15-17)19-3-4-20(24)21(25)13-19;/h2-5,12-13,17H,6-11,14-15H2,1H3,(H2,26,27,28);1H. The van der Waals surface area contributed by atoms with Gasteiger partial charge in [0.1, 0.15) is 5.75 Å². The summed E-state index contributed by atoms with van der Waals surface area (Å²) >= 11 is 0. The Morgan fingerprint density at radius 2 is 2.03 bits per heavy atom. The summed E-state index contributed by atoms with van der Waals surface area (Å²) in [5.41, 5.74) is 3.32. The highest BCUT2D eigenvalue weighted by Crippen LogP contribution is 2.26. The van der Waals surface area contributed by atoms with Crippen molar-refractivity contribution in [1.82, 2.24) is 10.6 Å². The van der Waals surface area contributed by atoms with Crippen molar-refractivity contribution < 1.29 is 13.5 Å². The second-order valence-electron chi connectivity index (χ2n) is 7.87. The molecular weight excluding hydrogens is 513 g/mol. The summed E-state index contributed by atoms with van der Waals surface area (Å²) in [5, 5.41) is 6.76. The van der Waals surface area contributed by atoms with Gasteiger partial charge in [-0.3, -0.25) is 4.99 Å². The van der Waals surface area contributed by atoms with E-state index in [9.17, 15) is 8.78 Å². The maximum atomic E-state index is 13.5. The Kier molecular flexibility index (Phi) is 8.34. The summed E-state index contributed by atoms with van der Waals surface area (Å²) in [6.07, 6.45) is 2.91. The van der Waals surface area contributed by atoms with E-state index < -0.39 is 11.6 Å². The van der Waals surface area contributed by atoms with Crippen molar-refractivity contribution in [2.45, 2.75) is 19.3 Å². The van der Waals surface area contributed by atoms with Gasteiger partial charge in [0.2, 0.25) is 0 Å². The number of hydrogen-bond donors (Lipinski definition) is 2. The highest BCUT2D eigenvalue weighted by Gasteiger charge is 2.23. The molecular formula is C23H29F2IN4O. The van der Waals surface area contributed by atoms with Crippen LogP contribution in [0, 0.1) is 17.6 Å². The van der Waals surface area contributed by atoms with Crippen LogP contribution >= 0.6 is 24.0 Å². The van der Waals surface area contributed by atoms with E-state index >= 15 is 0 Å². The van der Waals surface area contributed by atoms with E-state index in [1.165, 1.54) is 23.3 Å². The van der Waals surface area contributed by atoms with Crippen LogP contribution in [-0.4, -0.2) is 45.8 Å². The Morgan fingerprint density at radius 3 is 2.84 bits per heavy atom. The van der Waals surface area contributed by atoms with Gasteiger partial charge in [0.15, 0.2) is 17.6 Å². The molecule has 2 aromatic rings. The molecule has 5 nitrogen and oxygen atoms in total. The van der Waals surface area contributed by atoms with Gasteiger partial charge in [-0.2, -0.15) is 0 Å². The van der Waals surface area contributed by atoms with Crippen LogP contribution in [0.1, 0.15) is 17.5 Å². The van der Waals surface area contributed by atoms with Crippen LogP contribution < -0.4 is 20.3 Å². The molecule has 0 amide bonds. The smallest absolute Gasteiger partial charge is 0.190 e. The average Bonchev–Trinajstić information content (AvgIpc) is 3.41. The lowest BCUT2D eigenvalue weighted by molar-refractivity contribution is 0.357. The van der Waals surface area contributed by atoms with Gasteiger partial charge in [-0.1, -0.05) is 12.1 Å². The number of ether oxygens (including phenoxy) is 1. The summed E-state index contributed by atoms with van der Waals surface area (Å²) in [5.74, 6) is 0.617. The van der Waals surface area contributed by atoms with Crippen LogP contribution in [0.5, 0.6) is 5.75 Å². The van der Waals surface area contributed by atoms with Crippen molar-refractivity contribution in [3.63, 3.8) is 0 Å². The van der Waals surface area contributed by atoms with Gasteiger partial charge in [-0.15, -0.1) is 24.0 Å². The lowest BCUT2D eigenvalue weighted by Crippen LogP contribution is -2.41. The fourth-order valence-electron chi connectivity index (χ4n) is 4.10. The van der Waals surface area contributed by atoms with Gasteiger partial charge in [0, 0.05) is 51.4 Å². The van der Waals surface area contributed by atoms with Gasteiger partial charge in [0.25, 0.3) is 0 Å². The number of rotatable bonds is 6. The van der Waals surface area contributed by atoms with Crippen molar-refractivity contribution >= 4 is 35.6 Å². The fourth-order valence-corrected chi connectivity index (χ4v) is 4.10. The van der Waals surface area contributed by atoms with Crippen LogP contribution in [0.4, 0.5) is 14.5 Å². The maximum Gasteiger partial charge on any atom is 0.190 e. The van der Waals surface area contributed by atoms with Gasteiger partial charge in [0.05, 0.1) is 6.61 Å². The Morgan fingerprint density at radius 1 is 1.16 bits per heavy atom. The third kappa shape index (κ3) is 5.99. The monoisotopic (exact) mass is 542 g/mol. The predicted octanol–water partition coefficient (Wildman–Crippen LogP) is 3.75. The van der Waals surface area contributed by atoms with Crippen LogP contribution in [0.3, 0.4) is 0 Å². The third-order valence-corrected chi connectivity index (χ3v) is 5.80. The molecule has 2 aliphatic heterocycles. The van der Waals surface area contributed by atoms with Crippen molar-refractivity contribution in [2.75, 3.05) is 44.7 Å². The normalized spacial score (nSPS) is 17.7.